The van der Waals surface area contributed by atoms with E-state index in [4.69, 9.17) is 21.1 Å². The Kier molecular flexibility index (Phi) is 14.0. The summed E-state index contributed by atoms with van der Waals surface area (Å²) in [6, 6.07) is 23.8. The first-order valence-electron chi connectivity index (χ1n) is 16.9. The number of aryl methyl sites for hydroxylation is 1. The fraction of sp³-hybridized carbons (Fsp3) is 0.316. The van der Waals surface area contributed by atoms with E-state index in [1.54, 1.807) is 19.1 Å². The topological polar surface area (TPSA) is 140 Å². The summed E-state index contributed by atoms with van der Waals surface area (Å²) in [5.74, 6) is 0.857. The van der Waals surface area contributed by atoms with Gasteiger partial charge in [0, 0.05) is 17.9 Å². The monoisotopic (exact) mass is 760 g/mol. The van der Waals surface area contributed by atoms with Gasteiger partial charge in [-0.15, -0.1) is 11.3 Å². The molecule has 1 N–H and O–H groups in total. The number of hydrogen-bond donors (Lipinski definition) is 1. The van der Waals surface area contributed by atoms with Crippen molar-refractivity contribution < 1.29 is 65.7 Å². The molecule has 1 aliphatic heterocycles. The number of rotatable bonds is 14. The molecule has 0 saturated heterocycles. The number of nitrogens with one attached hydrogen (secondary N) is 1. The van der Waals surface area contributed by atoms with Crippen molar-refractivity contribution in [3.63, 3.8) is 0 Å². The quantitative estimate of drug-likeness (QED) is 0.0958. The standard InChI is InChI=1S/C38H38ClN8O3S.K/c1-5-6-11-33-42-35(39)31(47(33)20-25-12-14-26(15-13-25)29-9-7-8-10-30(29)36-43-45-46-44-36)22-50-38(48)34-24(4)41-37(51-34)27-16-17-32(28(18-27)19-40)49-21-23(2)3;/h7-10,12-18,23,33,42H,5-6,11,20-22H2,1-4H3;/q-1;+1. The second kappa shape index (κ2) is 18.4. The summed E-state index contributed by atoms with van der Waals surface area (Å²) < 4.78 is 11.7. The van der Waals surface area contributed by atoms with Gasteiger partial charge in [-0.2, -0.15) is 10.5 Å². The van der Waals surface area contributed by atoms with E-state index < -0.39 is 5.97 Å². The van der Waals surface area contributed by atoms with Gasteiger partial charge >= 0.3 is 57.4 Å². The van der Waals surface area contributed by atoms with Crippen LogP contribution in [0, 0.1) is 24.2 Å². The second-order valence-electron chi connectivity index (χ2n) is 12.7. The molecule has 1 unspecified atom stereocenters. The van der Waals surface area contributed by atoms with Crippen LogP contribution in [0.5, 0.6) is 5.75 Å². The number of thiazole rings is 1. The number of nitriles is 1. The van der Waals surface area contributed by atoms with E-state index in [-0.39, 0.29) is 64.2 Å². The van der Waals surface area contributed by atoms with Gasteiger partial charge in [0.05, 0.1) is 29.7 Å². The van der Waals surface area contributed by atoms with E-state index >= 15 is 0 Å². The van der Waals surface area contributed by atoms with Crippen LogP contribution >= 0.6 is 22.9 Å². The maximum atomic E-state index is 13.5. The molecule has 3 aromatic carbocycles. The molecular weight excluding hydrogens is 723 g/mol. The Morgan fingerprint density at radius 3 is 2.56 bits per heavy atom. The molecule has 1 aliphatic rings. The molecule has 52 heavy (non-hydrogen) atoms. The molecule has 5 aromatic rings. The van der Waals surface area contributed by atoms with E-state index in [0.717, 1.165) is 47.1 Å². The maximum Gasteiger partial charge on any atom is 1.00 e. The average Bonchev–Trinajstić information content (AvgIpc) is 3.89. The van der Waals surface area contributed by atoms with Crippen molar-refractivity contribution in [2.24, 2.45) is 5.92 Å². The van der Waals surface area contributed by atoms with E-state index in [2.05, 4.69) is 86.9 Å². The van der Waals surface area contributed by atoms with Gasteiger partial charge in [-0.25, -0.2) is 9.78 Å². The number of hydrogen-bond acceptors (Lipinski definition) is 11. The van der Waals surface area contributed by atoms with Crippen LogP contribution in [0.25, 0.3) is 33.1 Å². The van der Waals surface area contributed by atoms with Crippen molar-refractivity contribution in [2.75, 3.05) is 13.2 Å². The molecule has 11 nitrogen and oxygen atoms in total. The molecule has 262 valence electrons. The Balaban J connectivity index is 0.00000523. The van der Waals surface area contributed by atoms with Gasteiger partial charge in [0.15, 0.2) is 0 Å². The van der Waals surface area contributed by atoms with Crippen molar-refractivity contribution in [1.82, 2.24) is 35.8 Å². The zero-order valence-electron chi connectivity index (χ0n) is 29.9. The largest absolute Gasteiger partial charge is 1.00 e. The van der Waals surface area contributed by atoms with Crippen molar-refractivity contribution in [1.29, 1.82) is 5.26 Å². The van der Waals surface area contributed by atoms with Gasteiger partial charge in [0.1, 0.15) is 33.5 Å². The van der Waals surface area contributed by atoms with Crippen molar-refractivity contribution >= 4 is 28.9 Å². The number of carbonyl (C=O) groups excluding carboxylic acids is 1. The van der Waals surface area contributed by atoms with Crippen LogP contribution in [0.2, 0.25) is 0 Å². The molecule has 2 aromatic heterocycles. The normalized spacial score (nSPS) is 13.9. The van der Waals surface area contributed by atoms with Crippen molar-refractivity contribution in [3.8, 4) is 44.9 Å². The molecular formula is C38H38ClKN8O3S. The molecule has 0 amide bonds. The zero-order chi connectivity index (χ0) is 35.9. The number of ether oxygens (including phenoxy) is 2. The molecule has 0 radical (unpaired) electrons. The van der Waals surface area contributed by atoms with Crippen molar-refractivity contribution in [3.05, 3.63) is 99.3 Å². The predicted octanol–water partition coefficient (Wildman–Crippen LogP) is 4.69. The third kappa shape index (κ3) is 9.30. The second-order valence-corrected chi connectivity index (χ2v) is 14.1. The molecule has 1 atom stereocenters. The third-order valence-electron chi connectivity index (χ3n) is 8.45. The fourth-order valence-electron chi connectivity index (χ4n) is 5.81. The van der Waals surface area contributed by atoms with Crippen LogP contribution in [0.1, 0.15) is 66.5 Å². The van der Waals surface area contributed by atoms with Gasteiger partial charge in [0.2, 0.25) is 0 Å². The minimum atomic E-state index is -0.482. The summed E-state index contributed by atoms with van der Waals surface area (Å²) in [4.78, 5) is 20.7. The van der Waals surface area contributed by atoms with Gasteiger partial charge in [-0.1, -0.05) is 87.3 Å². The number of halogens is 1. The molecule has 0 bridgehead atoms. The summed E-state index contributed by atoms with van der Waals surface area (Å²) in [7, 11) is 0. The van der Waals surface area contributed by atoms with Crippen LogP contribution in [0.4, 0.5) is 0 Å². The number of nitrogens with zero attached hydrogens (tertiary/aromatic N) is 7. The van der Waals surface area contributed by atoms with Crippen LogP contribution in [-0.4, -0.2) is 50.8 Å². The van der Waals surface area contributed by atoms with Gasteiger partial charge < -0.3 is 24.8 Å². The minimum Gasteiger partial charge on any atom is -0.492 e. The van der Waals surface area contributed by atoms with E-state index in [1.807, 2.05) is 30.3 Å². The summed E-state index contributed by atoms with van der Waals surface area (Å²) in [5, 5.41) is 29.6. The Morgan fingerprint density at radius 2 is 1.87 bits per heavy atom. The molecule has 0 fully saturated rings. The number of unbranched alkanes of at least 4 members (excludes halogenated alkanes) is 1. The summed E-state index contributed by atoms with van der Waals surface area (Å²) in [5.41, 5.74) is 6.35. The molecule has 0 aliphatic carbocycles. The van der Waals surface area contributed by atoms with Gasteiger partial charge in [-0.3, -0.25) is 10.3 Å². The Hall–Kier alpha value is -3.61. The molecule has 6 rings (SSSR count). The van der Waals surface area contributed by atoms with E-state index in [1.165, 1.54) is 11.3 Å². The first-order valence-corrected chi connectivity index (χ1v) is 18.1. The zero-order valence-corrected chi connectivity index (χ0v) is 34.6. The predicted molar refractivity (Wildman–Crippen MR) is 197 cm³/mol. The third-order valence-corrected chi connectivity index (χ3v) is 9.96. The number of carbonyl (C=O) groups is 1. The van der Waals surface area contributed by atoms with Crippen molar-refractivity contribution in [2.45, 2.75) is 59.7 Å². The Labute approximate surface area is 355 Å². The van der Waals surface area contributed by atoms with Gasteiger partial charge in [-0.05, 0) is 66.1 Å². The summed E-state index contributed by atoms with van der Waals surface area (Å²) in [6.07, 6.45) is 2.88. The van der Waals surface area contributed by atoms with Crippen LogP contribution in [-0.2, 0) is 11.3 Å². The number of tetrazole rings is 1. The Morgan fingerprint density at radius 1 is 1.12 bits per heavy atom. The Bertz CT molecular complexity index is 2060. The van der Waals surface area contributed by atoms with Crippen LogP contribution < -0.4 is 66.5 Å². The first kappa shape index (κ1) is 39.6. The summed E-state index contributed by atoms with van der Waals surface area (Å²) >= 11 is 8.01. The smallest absolute Gasteiger partial charge is 0.492 e. The molecule has 0 spiro atoms. The maximum absolute atomic E-state index is 13.5. The minimum absolute atomic E-state index is 0. The van der Waals surface area contributed by atoms with E-state index in [0.29, 0.717) is 62.6 Å². The average molecular weight is 761 g/mol. The SMILES string of the molecule is CCCCC1NC(Cl)=C(COC(=O)c2sc(-c3ccc(OCC(C)C)c(C#N)c3)nc2C)N1Cc1ccc(-c2ccccc2-c2nnn[n-]2)cc1.[K+]. The van der Waals surface area contributed by atoms with Crippen LogP contribution in [0.15, 0.2) is 77.6 Å². The number of esters is 1. The first-order chi connectivity index (χ1) is 24.7. The number of aromatic nitrogens is 5. The molecule has 0 saturated carbocycles. The van der Waals surface area contributed by atoms with E-state index in [9.17, 15) is 10.1 Å². The molecule has 14 heteroatoms. The molecule has 3 heterocycles. The van der Waals surface area contributed by atoms with Crippen LogP contribution in [0.3, 0.4) is 0 Å². The van der Waals surface area contributed by atoms with Gasteiger partial charge in [0.25, 0.3) is 0 Å². The number of benzene rings is 3. The summed E-state index contributed by atoms with van der Waals surface area (Å²) in [6.45, 7) is 9.10. The fourth-order valence-corrected chi connectivity index (χ4v) is 7.05.